The van der Waals surface area contributed by atoms with Crippen molar-refractivity contribution in [1.29, 1.82) is 0 Å². The van der Waals surface area contributed by atoms with Crippen molar-refractivity contribution in [1.82, 2.24) is 5.32 Å². The topological polar surface area (TPSA) is 52.5 Å². The van der Waals surface area contributed by atoms with Crippen LogP contribution in [0.15, 0.2) is 54.6 Å². The average molecular weight is 341 g/mol. The minimum absolute atomic E-state index is 0.203. The van der Waals surface area contributed by atoms with E-state index in [2.05, 4.69) is 35.6 Å². The third-order valence-electron chi connectivity index (χ3n) is 4.69. The average Bonchev–Trinajstić information content (AvgIpc) is 2.64. The maximum Gasteiger partial charge on any atom is 0.115 e. The summed E-state index contributed by atoms with van der Waals surface area (Å²) < 4.78 is 0. The molecule has 0 amide bonds. The number of aliphatic hydroxyl groups is 1. The number of rotatable bonds is 4. The molecule has 1 aliphatic heterocycles. The monoisotopic (exact) mass is 341 g/mol. The molecule has 3 nitrogen and oxygen atoms in total. The summed E-state index contributed by atoms with van der Waals surface area (Å²) in [6.45, 7) is 6.32. The molecule has 1 fully saturated rings. The van der Waals surface area contributed by atoms with Crippen molar-refractivity contribution in [3.8, 4) is 5.75 Å². The normalized spacial score (nSPS) is 16.2. The molecule has 1 aliphatic rings. The van der Waals surface area contributed by atoms with Gasteiger partial charge in [0.15, 0.2) is 0 Å². The van der Waals surface area contributed by atoms with Crippen molar-refractivity contribution in [3.05, 3.63) is 65.7 Å². The minimum Gasteiger partial charge on any atom is -0.508 e. The number of hydrogen-bond acceptors (Lipinski definition) is 3. The van der Waals surface area contributed by atoms with Crippen molar-refractivity contribution < 1.29 is 10.2 Å². The van der Waals surface area contributed by atoms with Gasteiger partial charge in [0, 0.05) is 0 Å². The molecule has 25 heavy (non-hydrogen) atoms. The van der Waals surface area contributed by atoms with Gasteiger partial charge in [-0.2, -0.15) is 0 Å². The summed E-state index contributed by atoms with van der Waals surface area (Å²) in [7, 11) is 0. The maximum absolute atomic E-state index is 9.61. The molecule has 1 heterocycles. The van der Waals surface area contributed by atoms with Gasteiger partial charge in [0.25, 0.3) is 0 Å². The van der Waals surface area contributed by atoms with E-state index in [1.54, 1.807) is 24.3 Å². The summed E-state index contributed by atoms with van der Waals surface area (Å²) >= 11 is 0. The fraction of sp³-hybridized carbons (Fsp3) is 0.455. The molecular formula is C22H31NO2. The van der Waals surface area contributed by atoms with Gasteiger partial charge in [0.05, 0.1) is 6.10 Å². The number of piperidine rings is 1. The van der Waals surface area contributed by atoms with Crippen LogP contribution in [0.2, 0.25) is 0 Å². The van der Waals surface area contributed by atoms with Crippen LogP contribution in [0.4, 0.5) is 0 Å². The second-order valence-corrected chi connectivity index (χ2v) is 7.16. The lowest BCUT2D eigenvalue weighted by Gasteiger charge is -2.22. The van der Waals surface area contributed by atoms with E-state index in [1.165, 1.54) is 37.9 Å². The van der Waals surface area contributed by atoms with E-state index in [0.717, 1.165) is 11.5 Å². The third-order valence-corrected chi connectivity index (χ3v) is 4.69. The summed E-state index contributed by atoms with van der Waals surface area (Å²) in [5.74, 6) is 1.34. The first-order valence-corrected chi connectivity index (χ1v) is 9.28. The standard InChI is InChI=1S/C12H17N.C10H14O2/c1-2-4-11(5-3-1)10-12-6-8-13-9-7-12;1-7(2)10(12)8-3-5-9(11)6-4-8/h1-5,12-13H,6-10H2;3-7,10-12H,1-2H3/t;10-/m.1/s1. The van der Waals surface area contributed by atoms with Gasteiger partial charge < -0.3 is 15.5 Å². The molecule has 3 heteroatoms. The van der Waals surface area contributed by atoms with Gasteiger partial charge in [-0.25, -0.2) is 0 Å². The van der Waals surface area contributed by atoms with Gasteiger partial charge in [-0.1, -0.05) is 56.3 Å². The molecule has 0 saturated carbocycles. The van der Waals surface area contributed by atoms with E-state index in [-0.39, 0.29) is 11.7 Å². The zero-order chi connectivity index (χ0) is 18.1. The van der Waals surface area contributed by atoms with E-state index in [4.69, 9.17) is 5.11 Å². The molecule has 0 radical (unpaired) electrons. The first-order valence-electron chi connectivity index (χ1n) is 9.28. The second-order valence-electron chi connectivity index (χ2n) is 7.16. The van der Waals surface area contributed by atoms with E-state index < -0.39 is 6.10 Å². The lowest BCUT2D eigenvalue weighted by molar-refractivity contribution is 0.127. The Balaban J connectivity index is 0.000000181. The molecular weight excluding hydrogens is 310 g/mol. The largest absolute Gasteiger partial charge is 0.508 e. The number of benzene rings is 2. The highest BCUT2D eigenvalue weighted by atomic mass is 16.3. The maximum atomic E-state index is 9.61. The molecule has 0 bridgehead atoms. The lowest BCUT2D eigenvalue weighted by atomic mass is 9.91. The molecule has 0 unspecified atom stereocenters. The summed E-state index contributed by atoms with van der Waals surface area (Å²) in [6, 6.07) is 17.5. The Hall–Kier alpha value is -1.84. The Bertz CT molecular complexity index is 589. The lowest BCUT2D eigenvalue weighted by Crippen LogP contribution is -2.28. The Labute approximate surface area is 151 Å². The molecule has 0 aliphatic carbocycles. The van der Waals surface area contributed by atoms with Gasteiger partial charge in [-0.3, -0.25) is 0 Å². The van der Waals surface area contributed by atoms with Crippen LogP contribution in [0.25, 0.3) is 0 Å². The zero-order valence-electron chi connectivity index (χ0n) is 15.4. The van der Waals surface area contributed by atoms with Gasteiger partial charge in [-0.15, -0.1) is 0 Å². The highest BCUT2D eigenvalue weighted by Gasteiger charge is 2.13. The Morgan fingerprint density at radius 1 is 0.960 bits per heavy atom. The zero-order valence-corrected chi connectivity index (χ0v) is 15.4. The van der Waals surface area contributed by atoms with E-state index in [9.17, 15) is 5.11 Å². The van der Waals surface area contributed by atoms with Gasteiger partial charge in [0.1, 0.15) is 5.75 Å². The van der Waals surface area contributed by atoms with Crippen LogP contribution in [0, 0.1) is 11.8 Å². The van der Waals surface area contributed by atoms with Gasteiger partial charge in [0.2, 0.25) is 0 Å². The van der Waals surface area contributed by atoms with Crippen LogP contribution in [0.1, 0.15) is 43.9 Å². The second kappa shape index (κ2) is 10.2. The molecule has 3 rings (SSSR count). The summed E-state index contributed by atoms with van der Waals surface area (Å²) in [5.41, 5.74) is 2.34. The van der Waals surface area contributed by atoms with Crippen LogP contribution in [-0.4, -0.2) is 23.3 Å². The third kappa shape index (κ3) is 6.89. The first-order chi connectivity index (χ1) is 12.1. The fourth-order valence-electron chi connectivity index (χ4n) is 3.09. The first kappa shape index (κ1) is 19.5. The number of hydrogen-bond donors (Lipinski definition) is 3. The van der Waals surface area contributed by atoms with E-state index >= 15 is 0 Å². The molecule has 1 saturated heterocycles. The Morgan fingerprint density at radius 3 is 2.12 bits per heavy atom. The quantitative estimate of drug-likeness (QED) is 0.777. The van der Waals surface area contributed by atoms with Gasteiger partial charge >= 0.3 is 0 Å². The van der Waals surface area contributed by atoms with Crippen molar-refractivity contribution in [3.63, 3.8) is 0 Å². The molecule has 2 aromatic carbocycles. The number of phenols is 1. The van der Waals surface area contributed by atoms with E-state index in [0.29, 0.717) is 0 Å². The van der Waals surface area contributed by atoms with Crippen LogP contribution in [0.5, 0.6) is 5.75 Å². The number of phenolic OH excluding ortho intramolecular Hbond substituents is 1. The van der Waals surface area contributed by atoms with E-state index in [1.807, 2.05) is 13.8 Å². The molecule has 0 aromatic heterocycles. The molecule has 3 N–H and O–H groups in total. The number of nitrogens with one attached hydrogen (secondary N) is 1. The van der Waals surface area contributed by atoms with Crippen LogP contribution < -0.4 is 5.32 Å². The number of aliphatic hydroxyl groups excluding tert-OH is 1. The fourth-order valence-corrected chi connectivity index (χ4v) is 3.09. The van der Waals surface area contributed by atoms with Crippen LogP contribution in [0.3, 0.4) is 0 Å². The van der Waals surface area contributed by atoms with Crippen LogP contribution in [-0.2, 0) is 6.42 Å². The predicted molar refractivity (Wildman–Crippen MR) is 104 cm³/mol. The Kier molecular flexibility index (Phi) is 7.96. The molecule has 0 spiro atoms. The summed E-state index contributed by atoms with van der Waals surface area (Å²) in [4.78, 5) is 0. The molecule has 136 valence electrons. The highest BCUT2D eigenvalue weighted by molar-refractivity contribution is 5.27. The van der Waals surface area contributed by atoms with Gasteiger partial charge in [-0.05, 0) is 67.4 Å². The van der Waals surface area contributed by atoms with Crippen molar-refractivity contribution >= 4 is 0 Å². The summed E-state index contributed by atoms with van der Waals surface area (Å²) in [5, 5.41) is 22.0. The van der Waals surface area contributed by atoms with Crippen LogP contribution >= 0.6 is 0 Å². The highest BCUT2D eigenvalue weighted by Crippen LogP contribution is 2.22. The number of aromatic hydroxyl groups is 1. The van der Waals surface area contributed by atoms with Crippen molar-refractivity contribution in [2.75, 3.05) is 13.1 Å². The van der Waals surface area contributed by atoms with Crippen molar-refractivity contribution in [2.45, 2.75) is 39.2 Å². The smallest absolute Gasteiger partial charge is 0.115 e. The van der Waals surface area contributed by atoms with Crippen molar-refractivity contribution in [2.24, 2.45) is 11.8 Å². The predicted octanol–water partition coefficient (Wildman–Crippen LogP) is 4.31. The minimum atomic E-state index is -0.439. The SMILES string of the molecule is CC(C)[C@@H](O)c1ccc(O)cc1.c1ccc(CC2CCNCC2)cc1. The molecule has 1 atom stereocenters. The summed E-state index contributed by atoms with van der Waals surface area (Å²) in [6.07, 6.45) is 3.51. The Morgan fingerprint density at radius 2 is 1.56 bits per heavy atom. The molecule has 2 aromatic rings.